The molecule has 1 aliphatic heterocycles. The van der Waals surface area contributed by atoms with E-state index >= 15 is 0 Å². The molecule has 0 fully saturated rings. The van der Waals surface area contributed by atoms with E-state index < -0.39 is 36.3 Å². The van der Waals surface area contributed by atoms with Crippen LogP contribution in [0.25, 0.3) is 0 Å². The second kappa shape index (κ2) is 8.19. The molecule has 12 nitrogen and oxygen atoms in total. The van der Waals surface area contributed by atoms with Gasteiger partial charge in [-0.1, -0.05) is 12.1 Å². The van der Waals surface area contributed by atoms with Gasteiger partial charge in [0.25, 0.3) is 10.0 Å². The van der Waals surface area contributed by atoms with Crippen LogP contribution in [0.5, 0.6) is 17.6 Å². The number of nitrogens with one attached hydrogen (secondary N) is 2. The van der Waals surface area contributed by atoms with Gasteiger partial charge in [0.1, 0.15) is 10.7 Å². The molecule has 0 aliphatic carbocycles. The van der Waals surface area contributed by atoms with E-state index in [9.17, 15) is 21.6 Å². The van der Waals surface area contributed by atoms with Crippen molar-refractivity contribution in [2.75, 3.05) is 19.5 Å². The minimum absolute atomic E-state index is 0.0425. The number of nitrogens with zero attached hydrogens (tertiary/aromatic N) is 2. The fourth-order valence-electron chi connectivity index (χ4n) is 2.84. The molecule has 1 aliphatic rings. The van der Waals surface area contributed by atoms with Gasteiger partial charge in [-0.25, -0.2) is 17.9 Å². The summed E-state index contributed by atoms with van der Waals surface area (Å²) in [6, 6.07) is 2.88. The summed E-state index contributed by atoms with van der Waals surface area (Å²) >= 11 is 0. The number of para-hydroxylation sites is 1. The number of benzene rings is 1. The number of urea groups is 1. The van der Waals surface area contributed by atoms with Crippen LogP contribution >= 0.6 is 0 Å². The highest BCUT2D eigenvalue weighted by molar-refractivity contribution is 7.90. The molecule has 1 unspecified atom stereocenters. The fraction of sp³-hybridized carbons (Fsp3) is 0.353. The second-order valence-electron chi connectivity index (χ2n) is 6.59. The number of anilines is 1. The zero-order valence-corrected chi connectivity index (χ0v) is 18.6. The van der Waals surface area contributed by atoms with Crippen LogP contribution < -0.4 is 23.7 Å². The quantitative estimate of drug-likeness (QED) is 0.599. The Balaban J connectivity index is 1.90. The number of amides is 2. The van der Waals surface area contributed by atoms with Gasteiger partial charge in [0.05, 0.1) is 25.0 Å². The van der Waals surface area contributed by atoms with Gasteiger partial charge in [-0.2, -0.15) is 18.4 Å². The van der Waals surface area contributed by atoms with E-state index in [-0.39, 0.29) is 29.9 Å². The molecular formula is C17H20N4O8S2. The van der Waals surface area contributed by atoms with Gasteiger partial charge >= 0.3 is 22.2 Å². The molecule has 1 atom stereocenters. The second-order valence-corrected chi connectivity index (χ2v) is 10.2. The highest BCUT2D eigenvalue weighted by Gasteiger charge is 2.35. The number of carbonyl (C=O) groups is 1. The molecule has 2 N–H and O–H groups in total. The number of hydrogen-bond donors (Lipinski definition) is 2. The topological polar surface area (TPSA) is 163 Å². The lowest BCUT2D eigenvalue weighted by molar-refractivity contribution is 0.256. The van der Waals surface area contributed by atoms with E-state index in [4.69, 9.17) is 13.7 Å². The van der Waals surface area contributed by atoms with Crippen molar-refractivity contribution in [1.29, 1.82) is 0 Å². The maximum atomic E-state index is 12.8. The molecule has 0 radical (unpaired) electrons. The van der Waals surface area contributed by atoms with Crippen LogP contribution in [-0.2, 0) is 26.6 Å². The Morgan fingerprint density at radius 2 is 1.94 bits per heavy atom. The Morgan fingerprint density at radius 1 is 1.23 bits per heavy atom. The summed E-state index contributed by atoms with van der Waals surface area (Å²) in [5.74, 6) is -0.253. The van der Waals surface area contributed by atoms with Gasteiger partial charge in [-0.05, 0) is 31.9 Å². The van der Waals surface area contributed by atoms with Crippen LogP contribution in [0.4, 0.5) is 10.6 Å². The van der Waals surface area contributed by atoms with Gasteiger partial charge < -0.3 is 13.7 Å². The molecule has 3 rings (SSSR count). The summed E-state index contributed by atoms with van der Waals surface area (Å²) < 4.78 is 66.6. The van der Waals surface area contributed by atoms with Gasteiger partial charge in [0, 0.05) is 0 Å². The van der Waals surface area contributed by atoms with E-state index in [1.807, 2.05) is 4.72 Å². The first-order valence-electron chi connectivity index (χ1n) is 8.84. The number of hydrogen-bond acceptors (Lipinski definition) is 10. The third-order valence-electron chi connectivity index (χ3n) is 4.47. The van der Waals surface area contributed by atoms with Crippen molar-refractivity contribution in [1.82, 2.24) is 14.7 Å². The van der Waals surface area contributed by atoms with Crippen LogP contribution in [-0.4, -0.2) is 52.3 Å². The van der Waals surface area contributed by atoms with Crippen LogP contribution in [0.2, 0.25) is 0 Å². The predicted octanol–water partition coefficient (Wildman–Crippen LogP) is 0.966. The number of rotatable bonds is 5. The molecule has 1 aromatic carbocycles. The third kappa shape index (κ3) is 4.49. The molecule has 31 heavy (non-hydrogen) atoms. The van der Waals surface area contributed by atoms with Crippen molar-refractivity contribution in [3.8, 4) is 17.6 Å². The normalized spacial score (nSPS) is 17.1. The Morgan fingerprint density at radius 3 is 2.58 bits per heavy atom. The number of sulfonamides is 1. The van der Waals surface area contributed by atoms with Crippen molar-refractivity contribution in [3.63, 3.8) is 0 Å². The first-order valence-corrected chi connectivity index (χ1v) is 11.8. The largest absolute Gasteiger partial charge is 0.481 e. The number of fused-ring (bicyclic) bond motifs is 1. The number of aromatic nitrogens is 2. The molecule has 2 amide bonds. The zero-order chi connectivity index (χ0) is 23.0. The number of ether oxygens (including phenoxy) is 2. The fourth-order valence-corrected chi connectivity index (χ4v) is 4.95. The van der Waals surface area contributed by atoms with Gasteiger partial charge in [-0.3, -0.25) is 5.32 Å². The van der Waals surface area contributed by atoms with Gasteiger partial charge in [-0.15, -0.1) is 0 Å². The summed E-state index contributed by atoms with van der Waals surface area (Å²) in [5.41, 5.74) is 0.725. The Kier molecular flexibility index (Phi) is 5.96. The van der Waals surface area contributed by atoms with Crippen LogP contribution in [0.1, 0.15) is 18.1 Å². The summed E-state index contributed by atoms with van der Waals surface area (Å²) in [6.45, 7) is 3.01. The van der Waals surface area contributed by atoms with E-state index in [1.54, 1.807) is 13.0 Å². The van der Waals surface area contributed by atoms with Gasteiger partial charge in [0.2, 0.25) is 5.88 Å². The summed E-state index contributed by atoms with van der Waals surface area (Å²) in [4.78, 5) is 19.8. The van der Waals surface area contributed by atoms with E-state index in [0.717, 1.165) is 6.07 Å². The summed E-state index contributed by atoms with van der Waals surface area (Å²) in [5, 5.41) is 1.46. The smallest absolute Gasteiger partial charge is 0.334 e. The molecular weight excluding hydrogens is 452 g/mol. The van der Waals surface area contributed by atoms with E-state index in [1.165, 1.54) is 27.2 Å². The SMILES string of the molecule is COc1nc(NC(=O)NS(=O)(=O)c2cccc3c2OS(=O)(=O)C(C)C3)c(C)c(OC)n1. The lowest BCUT2D eigenvalue weighted by Gasteiger charge is -2.24. The lowest BCUT2D eigenvalue weighted by atomic mass is 10.1. The van der Waals surface area contributed by atoms with Crippen molar-refractivity contribution < 1.29 is 35.3 Å². The first kappa shape index (κ1) is 22.6. The minimum atomic E-state index is -4.49. The molecule has 0 spiro atoms. The van der Waals surface area contributed by atoms with E-state index in [0.29, 0.717) is 11.1 Å². The molecule has 0 bridgehead atoms. The van der Waals surface area contributed by atoms with Crippen LogP contribution in [0.15, 0.2) is 23.1 Å². The van der Waals surface area contributed by atoms with Gasteiger partial charge in [0.15, 0.2) is 5.75 Å². The van der Waals surface area contributed by atoms with E-state index in [2.05, 4.69) is 15.3 Å². The minimum Gasteiger partial charge on any atom is -0.481 e. The maximum absolute atomic E-state index is 12.8. The first-order chi connectivity index (χ1) is 14.5. The Hall–Kier alpha value is -3.13. The summed E-state index contributed by atoms with van der Waals surface area (Å²) in [7, 11) is -5.81. The maximum Gasteiger partial charge on any atom is 0.334 e. The Labute approximate surface area is 179 Å². The molecule has 1 aromatic heterocycles. The average molecular weight is 473 g/mol. The van der Waals surface area contributed by atoms with Crippen LogP contribution in [0.3, 0.4) is 0 Å². The van der Waals surface area contributed by atoms with Crippen molar-refractivity contribution in [3.05, 3.63) is 29.3 Å². The lowest BCUT2D eigenvalue weighted by Crippen LogP contribution is -2.36. The molecule has 0 saturated heterocycles. The van der Waals surface area contributed by atoms with Crippen LogP contribution in [0, 0.1) is 6.92 Å². The predicted molar refractivity (Wildman–Crippen MR) is 108 cm³/mol. The Bertz CT molecular complexity index is 1250. The molecule has 0 saturated carbocycles. The van der Waals surface area contributed by atoms with Crippen molar-refractivity contribution >= 4 is 32.0 Å². The number of carbonyl (C=O) groups excluding carboxylic acids is 1. The molecule has 168 valence electrons. The highest BCUT2D eigenvalue weighted by Crippen LogP contribution is 2.35. The third-order valence-corrected chi connectivity index (χ3v) is 7.37. The van der Waals surface area contributed by atoms with Crippen molar-refractivity contribution in [2.45, 2.75) is 30.4 Å². The molecule has 2 heterocycles. The molecule has 2 aromatic rings. The standard InChI is InChI=1S/C17H20N4O8S2/c1-9-8-11-6-5-7-12(13(11)29-31(9,25)26)30(23,24)21-16(22)18-14-10(2)15(27-3)20-17(19-14)28-4/h5-7,9H,8H2,1-4H3,(H2,18,19,20,21,22). The molecule has 14 heteroatoms. The average Bonchev–Trinajstić information content (AvgIpc) is 2.69. The highest BCUT2D eigenvalue weighted by atomic mass is 32.2. The summed E-state index contributed by atoms with van der Waals surface area (Å²) in [6.07, 6.45) is 0.0763. The monoisotopic (exact) mass is 472 g/mol. The van der Waals surface area contributed by atoms with Crippen molar-refractivity contribution in [2.24, 2.45) is 0 Å². The number of methoxy groups -OCH3 is 2. The zero-order valence-electron chi connectivity index (χ0n) is 17.0.